The average Bonchev–Trinajstić information content (AvgIpc) is 3.29. The number of nitrogens with zero attached hydrogens (tertiary/aromatic N) is 2. The van der Waals surface area contributed by atoms with Crippen LogP contribution >= 0.6 is 20.3 Å². The maximum absolute atomic E-state index is 6.06. The molecule has 1 aromatic heterocycles. The Kier molecular flexibility index (Phi) is 9.68. The van der Waals surface area contributed by atoms with Gasteiger partial charge in [-0.15, -0.1) is 6.42 Å². The molecule has 6 heteroatoms. The highest BCUT2D eigenvalue weighted by Gasteiger charge is 2.38. The summed E-state index contributed by atoms with van der Waals surface area (Å²) < 4.78 is 6.06. The van der Waals surface area contributed by atoms with Crippen LogP contribution in [0.25, 0.3) is 0 Å². The third-order valence-electron chi connectivity index (χ3n) is 5.96. The van der Waals surface area contributed by atoms with Crippen LogP contribution in [0.3, 0.4) is 0 Å². The van der Waals surface area contributed by atoms with E-state index < -0.39 is 0 Å². The molecule has 3 heterocycles. The summed E-state index contributed by atoms with van der Waals surface area (Å²) in [5, 5.41) is 4.33. The van der Waals surface area contributed by atoms with Gasteiger partial charge < -0.3 is 15.0 Å². The molecule has 2 fully saturated rings. The second-order valence-corrected chi connectivity index (χ2v) is 11.3. The number of piperidine rings is 1. The van der Waals surface area contributed by atoms with Crippen molar-refractivity contribution in [3.8, 4) is 12.3 Å². The quantitative estimate of drug-likeness (QED) is 0.277. The predicted octanol–water partition coefficient (Wildman–Crippen LogP) is 6.86. The van der Waals surface area contributed by atoms with Gasteiger partial charge in [-0.25, -0.2) is 4.98 Å². The van der Waals surface area contributed by atoms with E-state index in [-0.39, 0.29) is 5.34 Å². The van der Waals surface area contributed by atoms with E-state index in [0.29, 0.717) is 0 Å². The SMILES string of the molecule is C#Cc1ccc(C)c(SC(=C)Nc2cc(N3CCC4(CC3)OCCP4)ccn2)c1.CCCC. The van der Waals surface area contributed by atoms with E-state index in [0.717, 1.165) is 62.4 Å². The minimum atomic E-state index is 0.167. The zero-order chi connectivity index (χ0) is 23.7. The van der Waals surface area contributed by atoms with Gasteiger partial charge in [0, 0.05) is 41.5 Å². The Hall–Kier alpha value is -1.99. The number of hydrogen-bond donors (Lipinski definition) is 1. The van der Waals surface area contributed by atoms with Crippen LogP contribution in [-0.2, 0) is 4.74 Å². The van der Waals surface area contributed by atoms with Crippen LogP contribution in [0.4, 0.5) is 11.5 Å². The maximum Gasteiger partial charge on any atom is 0.132 e. The Morgan fingerprint density at radius 2 is 2.03 bits per heavy atom. The predicted molar refractivity (Wildman–Crippen MR) is 146 cm³/mol. The van der Waals surface area contributed by atoms with Crippen LogP contribution in [0.1, 0.15) is 50.7 Å². The minimum Gasteiger partial charge on any atom is -0.371 e. The van der Waals surface area contributed by atoms with E-state index in [2.05, 4.69) is 60.6 Å². The first-order valence-electron chi connectivity index (χ1n) is 11.8. The van der Waals surface area contributed by atoms with Crippen molar-refractivity contribution < 1.29 is 4.74 Å². The zero-order valence-electron chi connectivity index (χ0n) is 20.1. The molecule has 0 radical (unpaired) electrons. The fourth-order valence-corrected chi connectivity index (χ4v) is 6.09. The molecule has 1 N–H and O–H groups in total. The molecule has 0 bridgehead atoms. The molecule has 4 nitrogen and oxygen atoms in total. The van der Waals surface area contributed by atoms with Crippen molar-refractivity contribution in [2.45, 2.75) is 56.7 Å². The van der Waals surface area contributed by atoms with Crippen molar-refractivity contribution in [1.29, 1.82) is 0 Å². The monoisotopic (exact) mass is 481 g/mol. The van der Waals surface area contributed by atoms with Crippen LogP contribution in [0, 0.1) is 19.3 Å². The van der Waals surface area contributed by atoms with Crippen molar-refractivity contribution in [2.24, 2.45) is 0 Å². The molecule has 1 aromatic carbocycles. The van der Waals surface area contributed by atoms with Crippen molar-refractivity contribution in [3.63, 3.8) is 0 Å². The van der Waals surface area contributed by atoms with Gasteiger partial charge in [-0.2, -0.15) is 0 Å². The van der Waals surface area contributed by atoms with Crippen LogP contribution in [0.5, 0.6) is 0 Å². The van der Waals surface area contributed by atoms with E-state index in [4.69, 9.17) is 11.2 Å². The molecule has 176 valence electrons. The number of terminal acetylenes is 1. The number of nitrogens with one attached hydrogen (secondary N) is 1. The molecule has 4 rings (SSSR count). The van der Waals surface area contributed by atoms with Crippen LogP contribution in [0.2, 0.25) is 0 Å². The highest BCUT2D eigenvalue weighted by molar-refractivity contribution is 8.03. The largest absolute Gasteiger partial charge is 0.371 e. The third kappa shape index (κ3) is 7.24. The average molecular weight is 482 g/mol. The van der Waals surface area contributed by atoms with E-state index in [1.165, 1.54) is 30.3 Å². The topological polar surface area (TPSA) is 37.4 Å². The molecule has 0 amide bonds. The lowest BCUT2D eigenvalue weighted by Crippen LogP contribution is -2.41. The number of unbranched alkanes of at least 4 members (excludes halogenated alkanes) is 1. The van der Waals surface area contributed by atoms with E-state index in [1.54, 1.807) is 11.8 Å². The van der Waals surface area contributed by atoms with Gasteiger partial charge in [0.05, 0.1) is 17.0 Å². The molecule has 0 saturated carbocycles. The van der Waals surface area contributed by atoms with Crippen molar-refractivity contribution in [2.75, 3.05) is 36.1 Å². The first kappa shape index (κ1) is 25.6. The first-order valence-corrected chi connectivity index (χ1v) is 13.8. The van der Waals surface area contributed by atoms with Crippen molar-refractivity contribution in [1.82, 2.24) is 4.98 Å². The molecule has 1 atom stereocenters. The second-order valence-electron chi connectivity index (χ2n) is 8.43. The number of rotatable bonds is 6. The fourth-order valence-electron chi connectivity index (χ4n) is 3.81. The fraction of sp³-hybridized carbons (Fsp3) is 0.444. The number of benzene rings is 1. The number of thioether (sulfide) groups is 1. The van der Waals surface area contributed by atoms with E-state index in [1.807, 2.05) is 24.4 Å². The van der Waals surface area contributed by atoms with Gasteiger partial charge in [-0.1, -0.05) is 65.6 Å². The molecule has 2 aliphatic rings. The Morgan fingerprint density at radius 1 is 1.27 bits per heavy atom. The lowest BCUT2D eigenvalue weighted by molar-refractivity contribution is 0.0317. The molecular formula is C27H36N3OPS. The van der Waals surface area contributed by atoms with Crippen molar-refractivity contribution in [3.05, 3.63) is 59.3 Å². The number of anilines is 2. The molecule has 0 aliphatic carbocycles. The molecular weight excluding hydrogens is 445 g/mol. The number of hydrogen-bond acceptors (Lipinski definition) is 5. The Labute approximate surface area is 205 Å². The molecule has 1 spiro atoms. The molecule has 2 aliphatic heterocycles. The zero-order valence-corrected chi connectivity index (χ0v) is 21.9. The maximum atomic E-state index is 6.06. The smallest absolute Gasteiger partial charge is 0.132 e. The number of ether oxygens (including phenoxy) is 1. The number of pyridine rings is 1. The Balaban J connectivity index is 0.000000709. The summed E-state index contributed by atoms with van der Waals surface area (Å²) in [6, 6.07) is 10.2. The van der Waals surface area contributed by atoms with Gasteiger partial charge in [-0.05, 0) is 49.7 Å². The van der Waals surface area contributed by atoms with Gasteiger partial charge in [0.2, 0.25) is 0 Å². The van der Waals surface area contributed by atoms with E-state index >= 15 is 0 Å². The number of aryl methyl sites for hydroxylation is 1. The lowest BCUT2D eigenvalue weighted by Gasteiger charge is -2.39. The minimum absolute atomic E-state index is 0.167. The van der Waals surface area contributed by atoms with Gasteiger partial charge in [-0.3, -0.25) is 0 Å². The summed E-state index contributed by atoms with van der Waals surface area (Å²) in [6.45, 7) is 13.6. The summed E-state index contributed by atoms with van der Waals surface area (Å²) in [5.74, 6) is 3.50. The van der Waals surface area contributed by atoms with Crippen molar-refractivity contribution >= 4 is 31.8 Å². The van der Waals surface area contributed by atoms with Gasteiger partial charge in [0.15, 0.2) is 0 Å². The van der Waals surface area contributed by atoms with Crippen LogP contribution in [0.15, 0.2) is 53.0 Å². The summed E-state index contributed by atoms with van der Waals surface area (Å²) in [7, 11) is 0.953. The Bertz CT molecular complexity index is 970. The summed E-state index contributed by atoms with van der Waals surface area (Å²) in [6.07, 6.45) is 13.5. The summed E-state index contributed by atoms with van der Waals surface area (Å²) >= 11 is 1.58. The first-order chi connectivity index (χ1) is 16.0. The second kappa shape index (κ2) is 12.5. The Morgan fingerprint density at radius 3 is 2.67 bits per heavy atom. The molecule has 1 unspecified atom stereocenters. The van der Waals surface area contributed by atoms with Gasteiger partial charge >= 0.3 is 0 Å². The highest BCUT2D eigenvalue weighted by atomic mass is 32.2. The third-order valence-corrected chi connectivity index (χ3v) is 8.71. The van der Waals surface area contributed by atoms with Crippen LogP contribution in [-0.4, -0.2) is 36.2 Å². The molecule has 33 heavy (non-hydrogen) atoms. The van der Waals surface area contributed by atoms with Crippen LogP contribution < -0.4 is 10.2 Å². The van der Waals surface area contributed by atoms with E-state index in [9.17, 15) is 0 Å². The standard InChI is InChI=1S/C23H26N3OPS.C4H10/c1-4-19-6-5-17(2)21(15-19)29-18(3)25-22-16-20(7-10-24-22)26-11-8-23(9-12-26)27-13-14-28-23;1-3-4-2/h1,5-7,10,15-16,28H,3,8-9,11-14H2,2H3,(H,24,25);3-4H2,1-2H3. The summed E-state index contributed by atoms with van der Waals surface area (Å²) in [5.41, 5.74) is 3.25. The molecule has 2 saturated heterocycles. The van der Waals surface area contributed by atoms with Gasteiger partial charge in [0.1, 0.15) is 5.82 Å². The highest BCUT2D eigenvalue weighted by Crippen LogP contribution is 2.46. The number of aromatic nitrogens is 1. The summed E-state index contributed by atoms with van der Waals surface area (Å²) in [4.78, 5) is 8.01. The molecule has 2 aromatic rings. The lowest BCUT2D eigenvalue weighted by atomic mass is 10.1. The normalized spacial score (nSPS) is 17.3. The van der Waals surface area contributed by atoms with Gasteiger partial charge in [0.25, 0.3) is 0 Å².